The van der Waals surface area contributed by atoms with E-state index in [1.165, 1.54) is 0 Å². The van der Waals surface area contributed by atoms with E-state index in [1.54, 1.807) is 0 Å². The summed E-state index contributed by atoms with van der Waals surface area (Å²) in [5.41, 5.74) is 5.55. The molecule has 0 saturated carbocycles. The summed E-state index contributed by atoms with van der Waals surface area (Å²) in [6.07, 6.45) is 1.94. The summed E-state index contributed by atoms with van der Waals surface area (Å²) in [5.74, 6) is 0.850. The maximum atomic E-state index is 5.80. The quantitative estimate of drug-likeness (QED) is 0.738. The van der Waals surface area contributed by atoms with Crippen LogP contribution in [0.25, 0.3) is 0 Å². The lowest BCUT2D eigenvalue weighted by Gasteiger charge is -2.18. The Labute approximate surface area is 114 Å². The van der Waals surface area contributed by atoms with Crippen molar-refractivity contribution in [1.82, 2.24) is 0 Å². The van der Waals surface area contributed by atoms with Crippen molar-refractivity contribution in [1.29, 1.82) is 0 Å². The van der Waals surface area contributed by atoms with Gasteiger partial charge in [0, 0.05) is 17.2 Å². The predicted molar refractivity (Wildman–Crippen MR) is 75.3 cm³/mol. The van der Waals surface area contributed by atoms with E-state index in [1.807, 2.05) is 38.1 Å². The van der Waals surface area contributed by atoms with Crippen LogP contribution in [0.5, 0.6) is 5.75 Å². The molecule has 0 unspecified atom stereocenters. The molecule has 1 rings (SSSR count). The maximum absolute atomic E-state index is 5.80. The Morgan fingerprint density at radius 1 is 1.11 bits per heavy atom. The van der Waals surface area contributed by atoms with Crippen molar-refractivity contribution in [2.45, 2.75) is 32.2 Å². The molecule has 0 aliphatic rings. The van der Waals surface area contributed by atoms with Gasteiger partial charge in [0.25, 0.3) is 0 Å². The average molecular weight is 272 g/mol. The second-order valence-corrected chi connectivity index (χ2v) is 5.49. The van der Waals surface area contributed by atoms with Gasteiger partial charge in [0.1, 0.15) is 5.75 Å². The molecule has 0 atom stereocenters. The first kappa shape index (κ1) is 15.3. The normalized spacial score (nSPS) is 11.6. The van der Waals surface area contributed by atoms with Crippen LogP contribution in [-0.4, -0.2) is 25.4 Å². The Kier molecular flexibility index (Phi) is 6.47. The number of benzene rings is 1. The van der Waals surface area contributed by atoms with E-state index >= 15 is 0 Å². The molecule has 0 saturated heterocycles. The first-order valence-electron chi connectivity index (χ1n) is 6.22. The third-order valence-electron chi connectivity index (χ3n) is 2.24. The van der Waals surface area contributed by atoms with E-state index in [-0.39, 0.29) is 5.54 Å². The highest BCUT2D eigenvalue weighted by molar-refractivity contribution is 6.30. The van der Waals surface area contributed by atoms with Gasteiger partial charge in [-0.3, -0.25) is 0 Å². The van der Waals surface area contributed by atoms with Crippen LogP contribution in [-0.2, 0) is 4.74 Å². The van der Waals surface area contributed by atoms with Crippen LogP contribution >= 0.6 is 11.6 Å². The number of halogens is 1. The minimum absolute atomic E-state index is 0.250. The monoisotopic (exact) mass is 271 g/mol. The molecular weight excluding hydrogens is 250 g/mol. The average Bonchev–Trinajstić information content (AvgIpc) is 2.29. The SMILES string of the molecule is CC(C)(N)COCCCCOc1ccc(Cl)cc1. The maximum Gasteiger partial charge on any atom is 0.119 e. The van der Waals surface area contributed by atoms with Crippen LogP contribution in [0.3, 0.4) is 0 Å². The Morgan fingerprint density at radius 3 is 2.33 bits per heavy atom. The van der Waals surface area contributed by atoms with Crippen molar-refractivity contribution in [3.63, 3.8) is 0 Å². The highest BCUT2D eigenvalue weighted by Gasteiger charge is 2.09. The van der Waals surface area contributed by atoms with E-state index in [2.05, 4.69) is 0 Å². The molecule has 18 heavy (non-hydrogen) atoms. The van der Waals surface area contributed by atoms with E-state index in [4.69, 9.17) is 26.8 Å². The van der Waals surface area contributed by atoms with Gasteiger partial charge >= 0.3 is 0 Å². The largest absolute Gasteiger partial charge is 0.494 e. The molecule has 3 nitrogen and oxygen atoms in total. The molecule has 0 aliphatic carbocycles. The molecule has 0 heterocycles. The molecule has 0 amide bonds. The standard InChI is InChI=1S/C14H22ClNO2/c1-14(2,16)11-17-9-3-4-10-18-13-7-5-12(15)6-8-13/h5-8H,3-4,9-11,16H2,1-2H3. The van der Waals surface area contributed by atoms with Gasteiger partial charge in [0.15, 0.2) is 0 Å². The zero-order valence-electron chi connectivity index (χ0n) is 11.1. The first-order chi connectivity index (χ1) is 8.47. The Hall–Kier alpha value is -0.770. The molecule has 4 heteroatoms. The fraction of sp³-hybridized carbons (Fsp3) is 0.571. The molecule has 2 N–H and O–H groups in total. The fourth-order valence-corrected chi connectivity index (χ4v) is 1.49. The molecule has 0 radical (unpaired) electrons. The van der Waals surface area contributed by atoms with Gasteiger partial charge in [0.2, 0.25) is 0 Å². The Bertz CT molecular complexity index is 333. The van der Waals surface area contributed by atoms with Gasteiger partial charge in [-0.05, 0) is 51.0 Å². The number of hydrogen-bond donors (Lipinski definition) is 1. The lowest BCUT2D eigenvalue weighted by atomic mass is 10.1. The zero-order chi connectivity index (χ0) is 13.4. The molecule has 1 aromatic rings. The third kappa shape index (κ3) is 7.54. The van der Waals surface area contributed by atoms with E-state index in [0.717, 1.165) is 30.2 Å². The van der Waals surface area contributed by atoms with E-state index < -0.39 is 0 Å². The van der Waals surface area contributed by atoms with Crippen molar-refractivity contribution in [3.8, 4) is 5.75 Å². The second kappa shape index (κ2) is 7.62. The summed E-state index contributed by atoms with van der Waals surface area (Å²) in [6, 6.07) is 7.39. The van der Waals surface area contributed by atoms with Crippen LogP contribution in [0.1, 0.15) is 26.7 Å². The first-order valence-corrected chi connectivity index (χ1v) is 6.60. The van der Waals surface area contributed by atoms with Crippen LogP contribution in [0, 0.1) is 0 Å². The van der Waals surface area contributed by atoms with Crippen LogP contribution in [0.15, 0.2) is 24.3 Å². The smallest absolute Gasteiger partial charge is 0.119 e. The topological polar surface area (TPSA) is 44.5 Å². The van der Waals surface area contributed by atoms with Crippen molar-refractivity contribution in [2.24, 2.45) is 5.73 Å². The third-order valence-corrected chi connectivity index (χ3v) is 2.49. The summed E-state index contributed by atoms with van der Waals surface area (Å²) < 4.78 is 11.0. The number of rotatable bonds is 8. The summed E-state index contributed by atoms with van der Waals surface area (Å²) in [7, 11) is 0. The fourth-order valence-electron chi connectivity index (χ4n) is 1.36. The molecular formula is C14H22ClNO2. The van der Waals surface area contributed by atoms with Crippen molar-refractivity contribution < 1.29 is 9.47 Å². The molecule has 0 bridgehead atoms. The molecule has 1 aromatic carbocycles. The summed E-state index contributed by atoms with van der Waals surface area (Å²) >= 11 is 5.78. The van der Waals surface area contributed by atoms with Crippen LogP contribution in [0.2, 0.25) is 5.02 Å². The van der Waals surface area contributed by atoms with Crippen molar-refractivity contribution in [3.05, 3.63) is 29.3 Å². The minimum Gasteiger partial charge on any atom is -0.494 e. The summed E-state index contributed by atoms with van der Waals surface area (Å²) in [5, 5.41) is 0.722. The minimum atomic E-state index is -0.250. The van der Waals surface area contributed by atoms with Gasteiger partial charge < -0.3 is 15.2 Å². The number of hydrogen-bond acceptors (Lipinski definition) is 3. The highest BCUT2D eigenvalue weighted by atomic mass is 35.5. The lowest BCUT2D eigenvalue weighted by Crippen LogP contribution is -2.37. The van der Waals surface area contributed by atoms with Gasteiger partial charge in [-0.25, -0.2) is 0 Å². The molecule has 102 valence electrons. The molecule has 0 aromatic heterocycles. The number of nitrogens with two attached hydrogens (primary N) is 1. The summed E-state index contributed by atoms with van der Waals surface area (Å²) in [4.78, 5) is 0. The van der Waals surface area contributed by atoms with Gasteiger partial charge in [-0.1, -0.05) is 11.6 Å². The van der Waals surface area contributed by atoms with Crippen molar-refractivity contribution in [2.75, 3.05) is 19.8 Å². The second-order valence-electron chi connectivity index (χ2n) is 5.05. The Morgan fingerprint density at radius 2 is 1.72 bits per heavy atom. The predicted octanol–water partition coefficient (Wildman–Crippen LogP) is 3.25. The highest BCUT2D eigenvalue weighted by Crippen LogP contribution is 2.15. The van der Waals surface area contributed by atoms with Crippen LogP contribution in [0.4, 0.5) is 0 Å². The lowest BCUT2D eigenvalue weighted by molar-refractivity contribution is 0.0919. The zero-order valence-corrected chi connectivity index (χ0v) is 11.9. The van der Waals surface area contributed by atoms with E-state index in [9.17, 15) is 0 Å². The summed E-state index contributed by atoms with van der Waals surface area (Å²) in [6.45, 7) is 5.92. The molecule has 0 spiro atoms. The van der Waals surface area contributed by atoms with E-state index in [0.29, 0.717) is 13.2 Å². The van der Waals surface area contributed by atoms with Gasteiger partial charge in [-0.15, -0.1) is 0 Å². The molecule has 0 aliphatic heterocycles. The Balaban J connectivity index is 2.00. The number of unbranched alkanes of at least 4 members (excludes halogenated alkanes) is 1. The van der Waals surface area contributed by atoms with Crippen LogP contribution < -0.4 is 10.5 Å². The van der Waals surface area contributed by atoms with Gasteiger partial charge in [0.05, 0.1) is 13.2 Å². The van der Waals surface area contributed by atoms with Crippen molar-refractivity contribution >= 4 is 11.6 Å². The molecule has 0 fully saturated rings. The number of ether oxygens (including phenoxy) is 2. The van der Waals surface area contributed by atoms with Gasteiger partial charge in [-0.2, -0.15) is 0 Å².